The van der Waals surface area contributed by atoms with Crippen molar-refractivity contribution in [2.45, 2.75) is 51.4 Å². The molecular formula is C38H45N5O4. The van der Waals surface area contributed by atoms with Crippen LogP contribution in [0.5, 0.6) is 17.4 Å². The summed E-state index contributed by atoms with van der Waals surface area (Å²) in [5, 5.41) is 6.55. The van der Waals surface area contributed by atoms with Crippen LogP contribution in [-0.2, 0) is 4.74 Å². The van der Waals surface area contributed by atoms with E-state index in [1.165, 1.54) is 37.7 Å². The molecular weight excluding hydrogens is 590 g/mol. The van der Waals surface area contributed by atoms with Crippen molar-refractivity contribution in [2.24, 2.45) is 0 Å². The molecule has 2 aromatic heterocycles. The van der Waals surface area contributed by atoms with Crippen molar-refractivity contribution in [3.63, 3.8) is 0 Å². The smallest absolute Gasteiger partial charge is 0.255 e. The number of aromatic nitrogens is 2. The molecule has 2 aromatic carbocycles. The van der Waals surface area contributed by atoms with Crippen LogP contribution >= 0.6 is 0 Å². The van der Waals surface area contributed by atoms with Crippen LogP contribution in [0, 0.1) is 6.92 Å². The number of anilines is 2. The standard InChI is InChI=1S/C38H45N5O4/c1-27-11-12-31(37(44)42-33-24-29(13-14-34(33)45-2)28-8-4-3-5-9-28)25-35(27)47-38-32(10-6-16-41-38)30-15-18-40-36(26-30)39-17-7-19-43-20-22-46-23-21-43/h6,10-16,18,24-26,28H,3-5,7-9,17,19-23H2,1-2H3,(H,39,40)(H,42,44). The van der Waals surface area contributed by atoms with Gasteiger partial charge < -0.3 is 24.8 Å². The van der Waals surface area contributed by atoms with E-state index in [1.54, 1.807) is 25.6 Å². The molecule has 1 saturated carbocycles. The number of morpholine rings is 1. The molecule has 0 spiro atoms. The lowest BCUT2D eigenvalue weighted by atomic mass is 9.84. The van der Waals surface area contributed by atoms with E-state index in [4.69, 9.17) is 14.2 Å². The number of carbonyl (C=O) groups is 1. The second kappa shape index (κ2) is 15.9. The van der Waals surface area contributed by atoms with Crippen molar-refractivity contribution in [1.82, 2.24) is 14.9 Å². The van der Waals surface area contributed by atoms with Crippen LogP contribution in [0.1, 0.15) is 65.9 Å². The maximum absolute atomic E-state index is 13.5. The summed E-state index contributed by atoms with van der Waals surface area (Å²) < 4.78 is 17.5. The largest absolute Gasteiger partial charge is 0.495 e. The number of amides is 1. The fourth-order valence-electron chi connectivity index (χ4n) is 6.39. The van der Waals surface area contributed by atoms with Crippen molar-refractivity contribution >= 4 is 17.4 Å². The lowest BCUT2D eigenvalue weighted by molar-refractivity contribution is 0.0378. The molecule has 0 unspecified atom stereocenters. The molecule has 0 radical (unpaired) electrons. The molecule has 2 N–H and O–H groups in total. The Morgan fingerprint density at radius 1 is 0.957 bits per heavy atom. The van der Waals surface area contributed by atoms with Gasteiger partial charge in [-0.15, -0.1) is 0 Å². The normalized spacial score (nSPS) is 15.6. The summed E-state index contributed by atoms with van der Waals surface area (Å²) in [5.74, 6) is 2.76. The van der Waals surface area contributed by atoms with Gasteiger partial charge in [0.1, 0.15) is 17.3 Å². The molecule has 2 fully saturated rings. The summed E-state index contributed by atoms with van der Waals surface area (Å²) in [6.07, 6.45) is 10.7. The maximum Gasteiger partial charge on any atom is 0.255 e. The number of ether oxygens (including phenoxy) is 3. The summed E-state index contributed by atoms with van der Waals surface area (Å²) in [5.41, 5.74) is 5.09. The lowest BCUT2D eigenvalue weighted by Gasteiger charge is -2.26. The highest BCUT2D eigenvalue weighted by Gasteiger charge is 2.19. The second-order valence-electron chi connectivity index (χ2n) is 12.4. The van der Waals surface area contributed by atoms with Gasteiger partial charge in [-0.2, -0.15) is 0 Å². The van der Waals surface area contributed by atoms with Crippen molar-refractivity contribution in [3.8, 4) is 28.5 Å². The molecule has 9 heteroatoms. The molecule has 9 nitrogen and oxygen atoms in total. The number of pyridine rings is 2. The van der Waals surface area contributed by atoms with Gasteiger partial charge in [-0.3, -0.25) is 9.69 Å². The highest BCUT2D eigenvalue weighted by atomic mass is 16.5. The molecule has 4 aromatic rings. The van der Waals surface area contributed by atoms with E-state index in [0.717, 1.165) is 68.3 Å². The van der Waals surface area contributed by atoms with Gasteiger partial charge in [-0.25, -0.2) is 9.97 Å². The third-order valence-corrected chi connectivity index (χ3v) is 9.11. The third-order valence-electron chi connectivity index (χ3n) is 9.11. The number of nitrogens with zero attached hydrogens (tertiary/aromatic N) is 3. The molecule has 1 saturated heterocycles. The second-order valence-corrected chi connectivity index (χ2v) is 12.4. The SMILES string of the molecule is COc1ccc(C2CCCCC2)cc1NC(=O)c1ccc(C)c(Oc2ncccc2-c2ccnc(NCCCN3CCOCC3)c2)c1. The first kappa shape index (κ1) is 32.5. The molecule has 6 rings (SSSR count). The van der Waals surface area contributed by atoms with E-state index in [0.29, 0.717) is 34.5 Å². The molecule has 3 heterocycles. The van der Waals surface area contributed by atoms with Gasteiger partial charge in [0.25, 0.3) is 5.91 Å². The Bertz CT molecular complexity index is 1650. The molecule has 0 bridgehead atoms. The molecule has 1 aliphatic heterocycles. The molecule has 47 heavy (non-hydrogen) atoms. The number of benzene rings is 2. The number of methoxy groups -OCH3 is 1. The molecule has 0 atom stereocenters. The number of aryl methyl sites for hydroxylation is 1. The Hall–Kier alpha value is -4.47. The Morgan fingerprint density at radius 3 is 2.64 bits per heavy atom. The summed E-state index contributed by atoms with van der Waals surface area (Å²) in [6.45, 7) is 7.44. The van der Waals surface area contributed by atoms with Crippen LogP contribution in [0.2, 0.25) is 0 Å². The summed E-state index contributed by atoms with van der Waals surface area (Å²) in [4.78, 5) is 25.1. The van der Waals surface area contributed by atoms with E-state index in [9.17, 15) is 4.79 Å². The average molecular weight is 636 g/mol. The summed E-state index contributed by atoms with van der Waals surface area (Å²) in [6, 6.07) is 19.5. The van der Waals surface area contributed by atoms with Crippen LogP contribution in [0.4, 0.5) is 11.5 Å². The van der Waals surface area contributed by atoms with Gasteiger partial charge in [0, 0.05) is 43.2 Å². The predicted octanol–water partition coefficient (Wildman–Crippen LogP) is 7.69. The highest BCUT2D eigenvalue weighted by Crippen LogP contribution is 2.37. The van der Waals surface area contributed by atoms with E-state index < -0.39 is 0 Å². The quantitative estimate of drug-likeness (QED) is 0.153. The zero-order valence-corrected chi connectivity index (χ0v) is 27.5. The van der Waals surface area contributed by atoms with Crippen LogP contribution in [0.15, 0.2) is 73.1 Å². The average Bonchev–Trinajstić information content (AvgIpc) is 3.12. The first-order valence-electron chi connectivity index (χ1n) is 16.8. The van der Waals surface area contributed by atoms with Crippen molar-refractivity contribution < 1.29 is 19.0 Å². The van der Waals surface area contributed by atoms with E-state index in [1.807, 2.05) is 49.4 Å². The van der Waals surface area contributed by atoms with E-state index in [2.05, 4.69) is 37.6 Å². The number of hydrogen-bond acceptors (Lipinski definition) is 8. The molecule has 1 aliphatic carbocycles. The molecule has 2 aliphatic rings. The minimum absolute atomic E-state index is 0.228. The first-order chi connectivity index (χ1) is 23.1. The monoisotopic (exact) mass is 635 g/mol. The Kier molecular flexibility index (Phi) is 11.0. The fraction of sp³-hybridized carbons (Fsp3) is 0.395. The van der Waals surface area contributed by atoms with Crippen LogP contribution in [0.3, 0.4) is 0 Å². The Labute approximate surface area is 277 Å². The Morgan fingerprint density at radius 2 is 1.81 bits per heavy atom. The first-order valence-corrected chi connectivity index (χ1v) is 16.8. The van der Waals surface area contributed by atoms with E-state index >= 15 is 0 Å². The van der Waals surface area contributed by atoms with Gasteiger partial charge in [0.05, 0.1) is 26.0 Å². The molecule has 246 valence electrons. The van der Waals surface area contributed by atoms with Crippen molar-refractivity contribution in [2.75, 3.05) is 57.1 Å². The zero-order chi connectivity index (χ0) is 32.4. The zero-order valence-electron chi connectivity index (χ0n) is 27.5. The van der Waals surface area contributed by atoms with Crippen LogP contribution in [0.25, 0.3) is 11.1 Å². The Balaban J connectivity index is 1.15. The van der Waals surface area contributed by atoms with Gasteiger partial charge in [0.2, 0.25) is 5.88 Å². The van der Waals surface area contributed by atoms with Gasteiger partial charge in [0.15, 0.2) is 0 Å². The maximum atomic E-state index is 13.5. The van der Waals surface area contributed by atoms with Gasteiger partial charge >= 0.3 is 0 Å². The lowest BCUT2D eigenvalue weighted by Crippen LogP contribution is -2.37. The topological polar surface area (TPSA) is 97.8 Å². The molecule has 1 amide bonds. The number of nitrogens with one attached hydrogen (secondary N) is 2. The van der Waals surface area contributed by atoms with E-state index in [-0.39, 0.29) is 5.91 Å². The number of carbonyl (C=O) groups excluding carboxylic acids is 1. The minimum atomic E-state index is -0.228. The predicted molar refractivity (Wildman–Crippen MR) is 186 cm³/mol. The minimum Gasteiger partial charge on any atom is -0.495 e. The van der Waals surface area contributed by atoms with Crippen LogP contribution in [-0.4, -0.2) is 67.3 Å². The van der Waals surface area contributed by atoms with Crippen molar-refractivity contribution in [3.05, 3.63) is 89.7 Å². The van der Waals surface area contributed by atoms with Crippen molar-refractivity contribution in [1.29, 1.82) is 0 Å². The van der Waals surface area contributed by atoms with Gasteiger partial charge in [-0.05, 0) is 104 Å². The van der Waals surface area contributed by atoms with Crippen LogP contribution < -0.4 is 20.1 Å². The summed E-state index contributed by atoms with van der Waals surface area (Å²) in [7, 11) is 1.63. The van der Waals surface area contributed by atoms with Gasteiger partial charge in [-0.1, -0.05) is 31.4 Å². The summed E-state index contributed by atoms with van der Waals surface area (Å²) >= 11 is 0. The number of rotatable bonds is 12. The highest BCUT2D eigenvalue weighted by molar-refractivity contribution is 6.05. The number of hydrogen-bond donors (Lipinski definition) is 2. The third kappa shape index (κ3) is 8.47. The fourth-order valence-corrected chi connectivity index (χ4v) is 6.39.